The number of carbonyl (C=O) groups excluding carboxylic acids is 1. The van der Waals surface area contributed by atoms with Gasteiger partial charge in [-0.3, -0.25) is 9.69 Å². The highest BCUT2D eigenvalue weighted by Crippen LogP contribution is 2.33. The quantitative estimate of drug-likeness (QED) is 0.711. The maximum atomic E-state index is 12.4. The van der Waals surface area contributed by atoms with Gasteiger partial charge in [-0.15, -0.1) is 0 Å². The van der Waals surface area contributed by atoms with Gasteiger partial charge in [-0.25, -0.2) is 4.99 Å². The van der Waals surface area contributed by atoms with E-state index in [4.69, 9.17) is 16.3 Å². The van der Waals surface area contributed by atoms with Gasteiger partial charge in [-0.2, -0.15) is 0 Å². The summed E-state index contributed by atoms with van der Waals surface area (Å²) in [4.78, 5) is 19.2. The molecule has 1 saturated heterocycles. The van der Waals surface area contributed by atoms with Crippen LogP contribution >= 0.6 is 23.4 Å². The number of aliphatic imine (C=N–C) groups is 1. The summed E-state index contributed by atoms with van der Waals surface area (Å²) in [7, 11) is 1.73. The van der Waals surface area contributed by atoms with Gasteiger partial charge in [0, 0.05) is 12.1 Å². The molecule has 0 spiro atoms. The molecule has 1 heterocycles. The van der Waals surface area contributed by atoms with Crippen molar-refractivity contribution in [1.29, 1.82) is 0 Å². The molecule has 4 nitrogen and oxygen atoms in total. The molecule has 1 aliphatic rings. The van der Waals surface area contributed by atoms with E-state index < -0.39 is 0 Å². The van der Waals surface area contributed by atoms with E-state index in [2.05, 4.69) is 4.99 Å². The first-order chi connectivity index (χ1) is 12.1. The van der Waals surface area contributed by atoms with Crippen LogP contribution in [-0.2, 0) is 4.79 Å². The zero-order chi connectivity index (χ0) is 17.8. The Hall–Kier alpha value is -2.24. The SMILES string of the molecule is CCOc1ccc(/C=C2\SC(=Nc3ccc(Cl)cc3)N(C)C2=O)cc1. The first-order valence-corrected chi connectivity index (χ1v) is 9.01. The molecule has 0 bridgehead atoms. The number of amides is 1. The lowest BCUT2D eigenvalue weighted by atomic mass is 10.2. The predicted molar refractivity (Wildman–Crippen MR) is 104 cm³/mol. The summed E-state index contributed by atoms with van der Waals surface area (Å²) in [6, 6.07) is 14.8. The molecule has 0 aliphatic carbocycles. The summed E-state index contributed by atoms with van der Waals surface area (Å²) in [5.74, 6) is 0.753. The fourth-order valence-corrected chi connectivity index (χ4v) is 3.37. The van der Waals surface area contributed by atoms with Crippen molar-refractivity contribution >= 4 is 46.2 Å². The predicted octanol–water partition coefficient (Wildman–Crippen LogP) is 4.97. The first kappa shape index (κ1) is 17.6. The highest BCUT2D eigenvalue weighted by molar-refractivity contribution is 8.18. The second-order valence-electron chi connectivity index (χ2n) is 5.35. The Morgan fingerprint density at radius 3 is 2.48 bits per heavy atom. The van der Waals surface area contributed by atoms with E-state index in [0.29, 0.717) is 21.7 Å². The van der Waals surface area contributed by atoms with Crippen molar-refractivity contribution in [3.05, 3.63) is 64.0 Å². The van der Waals surface area contributed by atoms with Gasteiger partial charge < -0.3 is 4.74 Å². The highest BCUT2D eigenvalue weighted by atomic mass is 35.5. The second-order valence-corrected chi connectivity index (χ2v) is 6.79. The van der Waals surface area contributed by atoms with Crippen LogP contribution in [0.25, 0.3) is 6.08 Å². The molecule has 2 aromatic carbocycles. The van der Waals surface area contributed by atoms with Crippen LogP contribution < -0.4 is 4.74 Å². The number of ether oxygens (including phenoxy) is 1. The van der Waals surface area contributed by atoms with Crippen LogP contribution in [0.5, 0.6) is 5.75 Å². The number of carbonyl (C=O) groups is 1. The van der Waals surface area contributed by atoms with E-state index >= 15 is 0 Å². The van der Waals surface area contributed by atoms with Crippen LogP contribution in [0.4, 0.5) is 5.69 Å². The Kier molecular flexibility index (Phi) is 5.46. The smallest absolute Gasteiger partial charge is 0.266 e. The second kappa shape index (κ2) is 7.76. The minimum atomic E-state index is -0.0633. The summed E-state index contributed by atoms with van der Waals surface area (Å²) in [5.41, 5.74) is 1.70. The topological polar surface area (TPSA) is 41.9 Å². The van der Waals surface area contributed by atoms with Crippen molar-refractivity contribution in [2.75, 3.05) is 13.7 Å². The third kappa shape index (κ3) is 4.24. The summed E-state index contributed by atoms with van der Waals surface area (Å²) < 4.78 is 5.43. The molecule has 1 fully saturated rings. The fourth-order valence-electron chi connectivity index (χ4n) is 2.26. The minimum Gasteiger partial charge on any atom is -0.494 e. The molecular weight excluding hydrogens is 356 g/mol. The Balaban J connectivity index is 1.81. The first-order valence-electron chi connectivity index (χ1n) is 7.81. The third-order valence-electron chi connectivity index (χ3n) is 3.54. The van der Waals surface area contributed by atoms with Crippen molar-refractivity contribution in [2.45, 2.75) is 6.92 Å². The van der Waals surface area contributed by atoms with Gasteiger partial charge in [0.2, 0.25) is 0 Å². The van der Waals surface area contributed by atoms with E-state index in [-0.39, 0.29) is 5.91 Å². The zero-order valence-corrected chi connectivity index (χ0v) is 15.5. The molecule has 25 heavy (non-hydrogen) atoms. The van der Waals surface area contributed by atoms with Crippen molar-refractivity contribution in [2.24, 2.45) is 4.99 Å². The van der Waals surface area contributed by atoms with Gasteiger partial charge in [-0.05, 0) is 66.7 Å². The number of benzene rings is 2. The monoisotopic (exact) mass is 372 g/mol. The number of nitrogens with zero attached hydrogens (tertiary/aromatic N) is 2. The molecule has 0 aromatic heterocycles. The number of hydrogen-bond acceptors (Lipinski definition) is 4. The number of thioether (sulfide) groups is 1. The van der Waals surface area contributed by atoms with E-state index in [1.165, 1.54) is 11.8 Å². The molecule has 3 rings (SSSR count). The summed E-state index contributed by atoms with van der Waals surface area (Å²) in [5, 5.41) is 1.30. The lowest BCUT2D eigenvalue weighted by Gasteiger charge is -2.07. The molecule has 0 saturated carbocycles. The third-order valence-corrected chi connectivity index (χ3v) is 4.86. The molecule has 128 valence electrons. The maximum Gasteiger partial charge on any atom is 0.266 e. The van der Waals surface area contributed by atoms with Crippen LogP contribution in [0.2, 0.25) is 5.02 Å². The maximum absolute atomic E-state index is 12.4. The van der Waals surface area contributed by atoms with Gasteiger partial charge in [-0.1, -0.05) is 23.7 Å². The van der Waals surface area contributed by atoms with Crippen LogP contribution in [0, 0.1) is 0 Å². The number of amidine groups is 1. The average Bonchev–Trinajstić information content (AvgIpc) is 2.87. The van der Waals surface area contributed by atoms with Crippen molar-refractivity contribution < 1.29 is 9.53 Å². The standard InChI is InChI=1S/C19H17ClN2O2S/c1-3-24-16-10-4-13(5-11-16)12-17-18(23)22(2)19(25-17)21-15-8-6-14(20)7-9-15/h4-12H,3H2,1-2H3/b17-12-,21-19?. The van der Waals surface area contributed by atoms with Crippen molar-refractivity contribution in [3.8, 4) is 5.75 Å². The molecule has 0 radical (unpaired) electrons. The normalized spacial score (nSPS) is 17.6. The van der Waals surface area contributed by atoms with Crippen LogP contribution in [0.1, 0.15) is 12.5 Å². The largest absolute Gasteiger partial charge is 0.494 e. The summed E-state index contributed by atoms with van der Waals surface area (Å²) >= 11 is 7.25. The number of hydrogen-bond donors (Lipinski definition) is 0. The molecular formula is C19H17ClN2O2S. The molecule has 0 atom stereocenters. The lowest BCUT2D eigenvalue weighted by Crippen LogP contribution is -2.23. The Labute approximate surface area is 156 Å². The van der Waals surface area contributed by atoms with Crippen LogP contribution in [0.3, 0.4) is 0 Å². The number of rotatable bonds is 4. The molecule has 1 aliphatic heterocycles. The number of likely N-dealkylation sites (N-methyl/N-ethyl adjacent to an activating group) is 1. The van der Waals surface area contributed by atoms with Crippen molar-refractivity contribution in [1.82, 2.24) is 4.90 Å². The average molecular weight is 373 g/mol. The minimum absolute atomic E-state index is 0.0633. The van der Waals surface area contributed by atoms with Crippen molar-refractivity contribution in [3.63, 3.8) is 0 Å². The Morgan fingerprint density at radius 2 is 1.84 bits per heavy atom. The molecule has 1 amide bonds. The van der Waals surface area contributed by atoms with Gasteiger partial charge in [0.1, 0.15) is 5.75 Å². The Bertz CT molecular complexity index is 830. The van der Waals surface area contributed by atoms with Gasteiger partial charge in [0.05, 0.1) is 17.2 Å². The van der Waals surface area contributed by atoms with E-state index in [0.717, 1.165) is 17.0 Å². The lowest BCUT2D eigenvalue weighted by molar-refractivity contribution is -0.121. The zero-order valence-electron chi connectivity index (χ0n) is 13.9. The highest BCUT2D eigenvalue weighted by Gasteiger charge is 2.30. The van der Waals surface area contributed by atoms with Gasteiger partial charge >= 0.3 is 0 Å². The number of halogens is 1. The van der Waals surface area contributed by atoms with E-state index in [1.54, 1.807) is 24.1 Å². The van der Waals surface area contributed by atoms with E-state index in [1.807, 2.05) is 49.4 Å². The Morgan fingerprint density at radius 1 is 1.16 bits per heavy atom. The molecule has 0 N–H and O–H groups in total. The van der Waals surface area contributed by atoms with Gasteiger partial charge in [0.15, 0.2) is 5.17 Å². The molecule has 6 heteroatoms. The summed E-state index contributed by atoms with van der Waals surface area (Å²) in [6.45, 7) is 2.57. The van der Waals surface area contributed by atoms with Crippen LogP contribution in [0.15, 0.2) is 58.4 Å². The van der Waals surface area contributed by atoms with Gasteiger partial charge in [0.25, 0.3) is 5.91 Å². The van der Waals surface area contributed by atoms with Crippen LogP contribution in [-0.4, -0.2) is 29.6 Å². The molecule has 0 unspecified atom stereocenters. The van der Waals surface area contributed by atoms with E-state index in [9.17, 15) is 4.79 Å². The summed E-state index contributed by atoms with van der Waals surface area (Å²) in [6.07, 6.45) is 1.86. The molecule has 2 aromatic rings. The fraction of sp³-hybridized carbons (Fsp3) is 0.158.